The highest BCUT2D eigenvalue weighted by Gasteiger charge is 2.20. The summed E-state index contributed by atoms with van der Waals surface area (Å²) in [7, 11) is 0. The molecule has 2 aliphatic rings. The second kappa shape index (κ2) is 8.82. The van der Waals surface area contributed by atoms with Gasteiger partial charge in [-0.1, -0.05) is 6.42 Å². The molecular weight excluding hydrogens is 320 g/mol. The van der Waals surface area contributed by atoms with Crippen LogP contribution in [0.2, 0.25) is 0 Å². The third-order valence-corrected chi connectivity index (χ3v) is 4.55. The Labute approximate surface area is 147 Å². The number of carbonyl (C=O) groups is 2. The first-order valence-electron chi connectivity index (χ1n) is 9.01. The number of carbonyl (C=O) groups excluding carboxylic acids is 2. The van der Waals surface area contributed by atoms with E-state index in [-0.39, 0.29) is 24.1 Å². The van der Waals surface area contributed by atoms with Crippen LogP contribution < -0.4 is 21.3 Å². The summed E-state index contributed by atoms with van der Waals surface area (Å²) in [5, 5.41) is 11.7. The zero-order chi connectivity index (χ0) is 17.5. The van der Waals surface area contributed by atoms with Gasteiger partial charge in [-0.2, -0.15) is 0 Å². The Morgan fingerprint density at radius 3 is 2.44 bits per heavy atom. The van der Waals surface area contributed by atoms with Crippen molar-refractivity contribution in [3.8, 4) is 0 Å². The van der Waals surface area contributed by atoms with Gasteiger partial charge in [-0.05, 0) is 56.5 Å². The second-order valence-corrected chi connectivity index (χ2v) is 6.54. The lowest BCUT2D eigenvalue weighted by molar-refractivity contribution is -0.118. The summed E-state index contributed by atoms with van der Waals surface area (Å²) in [6.45, 7) is 2.19. The zero-order valence-corrected chi connectivity index (χ0v) is 14.3. The van der Waals surface area contributed by atoms with E-state index in [9.17, 15) is 9.59 Å². The fourth-order valence-electron chi connectivity index (χ4n) is 3.13. The Balaban J connectivity index is 1.43. The number of hydrogen-bond donors (Lipinski definition) is 4. The molecule has 0 saturated carbocycles. The Bertz CT molecular complexity index is 578. The Morgan fingerprint density at radius 1 is 1.04 bits per heavy atom. The Hall–Kier alpha value is -2.12. The number of amides is 3. The molecule has 2 atom stereocenters. The molecule has 2 aliphatic heterocycles. The van der Waals surface area contributed by atoms with Crippen molar-refractivity contribution in [2.75, 3.05) is 30.3 Å². The average Bonchev–Trinajstić information content (AvgIpc) is 3.16. The van der Waals surface area contributed by atoms with Gasteiger partial charge in [-0.15, -0.1) is 0 Å². The van der Waals surface area contributed by atoms with Gasteiger partial charge in [0.2, 0.25) is 5.91 Å². The van der Waals surface area contributed by atoms with Gasteiger partial charge >= 0.3 is 6.03 Å². The number of urea groups is 1. The molecule has 136 valence electrons. The molecule has 3 amide bonds. The van der Waals surface area contributed by atoms with Crippen LogP contribution >= 0.6 is 0 Å². The van der Waals surface area contributed by atoms with Crippen LogP contribution in [-0.4, -0.2) is 43.8 Å². The molecule has 2 unspecified atom stereocenters. The lowest BCUT2D eigenvalue weighted by Gasteiger charge is -2.22. The van der Waals surface area contributed by atoms with Crippen LogP contribution in [0.15, 0.2) is 24.3 Å². The minimum Gasteiger partial charge on any atom is -0.376 e. The number of piperidine rings is 1. The van der Waals surface area contributed by atoms with Crippen LogP contribution in [0.5, 0.6) is 0 Å². The lowest BCUT2D eigenvalue weighted by atomic mass is 10.0. The molecule has 2 heterocycles. The van der Waals surface area contributed by atoms with E-state index in [2.05, 4.69) is 21.3 Å². The van der Waals surface area contributed by atoms with E-state index in [4.69, 9.17) is 4.74 Å². The normalized spacial score (nSPS) is 23.0. The van der Waals surface area contributed by atoms with Gasteiger partial charge in [0.05, 0.1) is 12.1 Å². The topological polar surface area (TPSA) is 91.5 Å². The van der Waals surface area contributed by atoms with Gasteiger partial charge in [-0.25, -0.2) is 4.79 Å². The summed E-state index contributed by atoms with van der Waals surface area (Å²) in [6.07, 6.45) is 5.24. The molecule has 0 spiro atoms. The van der Waals surface area contributed by atoms with E-state index in [1.54, 1.807) is 24.3 Å². The van der Waals surface area contributed by atoms with Crippen molar-refractivity contribution in [3.05, 3.63) is 24.3 Å². The molecule has 1 aromatic rings. The number of rotatable bonds is 5. The lowest BCUT2D eigenvalue weighted by Crippen LogP contribution is -2.43. The Morgan fingerprint density at radius 2 is 1.80 bits per heavy atom. The number of ether oxygens (including phenoxy) is 1. The molecule has 7 heteroatoms. The molecule has 1 aromatic carbocycles. The van der Waals surface area contributed by atoms with Crippen molar-refractivity contribution in [2.24, 2.45) is 0 Å². The van der Waals surface area contributed by atoms with E-state index in [1.807, 2.05) is 0 Å². The third kappa shape index (κ3) is 5.44. The van der Waals surface area contributed by atoms with Crippen molar-refractivity contribution < 1.29 is 14.3 Å². The molecule has 3 rings (SSSR count). The first-order chi connectivity index (χ1) is 12.2. The molecule has 0 bridgehead atoms. The highest BCUT2D eigenvalue weighted by Crippen LogP contribution is 2.15. The second-order valence-electron chi connectivity index (χ2n) is 6.54. The zero-order valence-electron chi connectivity index (χ0n) is 14.3. The van der Waals surface area contributed by atoms with Crippen LogP contribution in [0.1, 0.15) is 32.1 Å². The maximum atomic E-state index is 12.2. The van der Waals surface area contributed by atoms with Gasteiger partial charge < -0.3 is 26.0 Å². The number of anilines is 2. The fourth-order valence-corrected chi connectivity index (χ4v) is 3.13. The molecule has 2 saturated heterocycles. The van der Waals surface area contributed by atoms with E-state index in [1.165, 1.54) is 0 Å². The summed E-state index contributed by atoms with van der Waals surface area (Å²) in [6, 6.07) is 6.76. The average molecular weight is 346 g/mol. The molecule has 0 aromatic heterocycles. The smallest absolute Gasteiger partial charge is 0.319 e. The largest absolute Gasteiger partial charge is 0.376 e. The van der Waals surface area contributed by atoms with Crippen LogP contribution in [-0.2, 0) is 9.53 Å². The van der Waals surface area contributed by atoms with Crippen molar-refractivity contribution in [1.29, 1.82) is 0 Å². The summed E-state index contributed by atoms with van der Waals surface area (Å²) in [5.41, 5.74) is 1.40. The summed E-state index contributed by atoms with van der Waals surface area (Å²) >= 11 is 0. The maximum Gasteiger partial charge on any atom is 0.319 e. The van der Waals surface area contributed by atoms with Gasteiger partial charge in [-0.3, -0.25) is 4.79 Å². The van der Waals surface area contributed by atoms with E-state index >= 15 is 0 Å². The Kier molecular flexibility index (Phi) is 6.25. The SMILES string of the molecule is O=C(NCC1CCCO1)Nc1ccc(NC(=O)C2CCCCN2)cc1. The predicted octanol–water partition coefficient (Wildman–Crippen LogP) is 2.07. The fraction of sp³-hybridized carbons (Fsp3) is 0.556. The molecule has 25 heavy (non-hydrogen) atoms. The summed E-state index contributed by atoms with van der Waals surface area (Å²) in [4.78, 5) is 24.1. The first kappa shape index (κ1) is 17.7. The molecule has 2 fully saturated rings. The van der Waals surface area contributed by atoms with Crippen LogP contribution in [0.3, 0.4) is 0 Å². The van der Waals surface area contributed by atoms with Crippen LogP contribution in [0.4, 0.5) is 16.2 Å². The molecule has 0 aliphatic carbocycles. The van der Waals surface area contributed by atoms with Crippen molar-refractivity contribution in [3.63, 3.8) is 0 Å². The molecule has 7 nitrogen and oxygen atoms in total. The standard InChI is InChI=1S/C18H26N4O3/c23-17(16-5-1-2-10-19-16)21-13-6-8-14(9-7-13)22-18(24)20-12-15-4-3-11-25-15/h6-9,15-16,19H,1-5,10-12H2,(H,21,23)(H2,20,22,24). The number of benzene rings is 1. The van der Waals surface area contributed by atoms with E-state index in [0.29, 0.717) is 12.2 Å². The maximum absolute atomic E-state index is 12.2. The van der Waals surface area contributed by atoms with Gasteiger partial charge in [0, 0.05) is 24.5 Å². The number of nitrogens with one attached hydrogen (secondary N) is 4. The third-order valence-electron chi connectivity index (χ3n) is 4.55. The predicted molar refractivity (Wildman–Crippen MR) is 96.7 cm³/mol. The minimum absolute atomic E-state index is 0.00489. The van der Waals surface area contributed by atoms with E-state index < -0.39 is 0 Å². The number of hydrogen-bond acceptors (Lipinski definition) is 4. The van der Waals surface area contributed by atoms with E-state index in [0.717, 1.165) is 50.9 Å². The van der Waals surface area contributed by atoms with Gasteiger partial charge in [0.1, 0.15) is 0 Å². The summed E-state index contributed by atoms with van der Waals surface area (Å²) < 4.78 is 5.47. The molecule has 4 N–H and O–H groups in total. The van der Waals surface area contributed by atoms with Crippen molar-refractivity contribution >= 4 is 23.3 Å². The minimum atomic E-state index is -0.251. The van der Waals surface area contributed by atoms with Crippen molar-refractivity contribution in [1.82, 2.24) is 10.6 Å². The van der Waals surface area contributed by atoms with Crippen LogP contribution in [0, 0.1) is 0 Å². The monoisotopic (exact) mass is 346 g/mol. The quantitative estimate of drug-likeness (QED) is 0.657. The molecule has 0 radical (unpaired) electrons. The molecular formula is C18H26N4O3. The first-order valence-corrected chi connectivity index (χ1v) is 9.01. The highest BCUT2D eigenvalue weighted by atomic mass is 16.5. The summed E-state index contributed by atoms with van der Waals surface area (Å²) in [5.74, 6) is -0.00489. The van der Waals surface area contributed by atoms with Crippen molar-refractivity contribution in [2.45, 2.75) is 44.2 Å². The van der Waals surface area contributed by atoms with Crippen LogP contribution in [0.25, 0.3) is 0 Å². The van der Waals surface area contributed by atoms with Gasteiger partial charge in [0.25, 0.3) is 0 Å². The van der Waals surface area contributed by atoms with Gasteiger partial charge in [0.15, 0.2) is 0 Å². The highest BCUT2D eigenvalue weighted by molar-refractivity contribution is 5.95.